The summed E-state index contributed by atoms with van der Waals surface area (Å²) in [5.41, 5.74) is 4.04. The molecule has 0 spiro atoms. The highest BCUT2D eigenvalue weighted by molar-refractivity contribution is 5.04. The van der Waals surface area contributed by atoms with Gasteiger partial charge in [0.15, 0.2) is 0 Å². The van der Waals surface area contributed by atoms with Gasteiger partial charge in [-0.05, 0) is 27.7 Å². The molecule has 0 saturated carbocycles. The molecule has 0 saturated heterocycles. The van der Waals surface area contributed by atoms with E-state index >= 15 is 0 Å². The van der Waals surface area contributed by atoms with Crippen LogP contribution in [0.5, 0.6) is 0 Å². The monoisotopic (exact) mass is 197 g/mol. The molecule has 0 aromatic carbocycles. The van der Waals surface area contributed by atoms with E-state index in [2.05, 4.69) is 31.3 Å². The lowest BCUT2D eigenvalue weighted by molar-refractivity contribution is 0.0463. The smallest absolute Gasteiger partial charge is 0.0654 e. The Balaban J connectivity index is 2.51. The van der Waals surface area contributed by atoms with Crippen LogP contribution in [0.3, 0.4) is 0 Å². The molecule has 1 N–H and O–H groups in total. The molecule has 0 fully saturated rings. The molecule has 4 nitrogen and oxygen atoms in total. The van der Waals surface area contributed by atoms with Crippen LogP contribution in [0.4, 0.5) is 0 Å². The van der Waals surface area contributed by atoms with Crippen molar-refractivity contribution in [2.45, 2.75) is 39.8 Å². The highest BCUT2D eigenvalue weighted by atomic mass is 16.6. The molecular formula is C10H19N3O. The molecule has 1 heterocycles. The van der Waals surface area contributed by atoms with Gasteiger partial charge < -0.3 is 4.84 Å². The lowest BCUT2D eigenvalue weighted by atomic mass is 10.1. The molecule has 1 rings (SSSR count). The number of nitrogens with zero attached hydrogens (tertiary/aromatic N) is 2. The van der Waals surface area contributed by atoms with Crippen molar-refractivity contribution in [2.24, 2.45) is 0 Å². The molecule has 14 heavy (non-hydrogen) atoms. The second kappa shape index (κ2) is 4.57. The van der Waals surface area contributed by atoms with Crippen LogP contribution in [0.25, 0.3) is 0 Å². The van der Waals surface area contributed by atoms with E-state index in [4.69, 9.17) is 4.84 Å². The van der Waals surface area contributed by atoms with Gasteiger partial charge in [-0.3, -0.25) is 4.68 Å². The summed E-state index contributed by atoms with van der Waals surface area (Å²) in [5, 5.41) is 4.29. The fraction of sp³-hybridized carbons (Fsp3) is 0.700. The SMILES string of the molecule is CCONCc1cnn(C(C)(C)C)c1. The number of nitrogens with one attached hydrogen (secondary N) is 1. The molecule has 0 unspecified atom stereocenters. The van der Waals surface area contributed by atoms with E-state index in [1.54, 1.807) is 0 Å². The van der Waals surface area contributed by atoms with Crippen LogP contribution in [0, 0.1) is 0 Å². The Morgan fingerprint density at radius 3 is 2.71 bits per heavy atom. The van der Waals surface area contributed by atoms with Gasteiger partial charge in [0.1, 0.15) is 0 Å². The fourth-order valence-electron chi connectivity index (χ4n) is 1.05. The van der Waals surface area contributed by atoms with E-state index in [0.29, 0.717) is 13.2 Å². The van der Waals surface area contributed by atoms with Gasteiger partial charge in [-0.2, -0.15) is 10.6 Å². The van der Waals surface area contributed by atoms with Crippen molar-refractivity contribution in [1.82, 2.24) is 15.3 Å². The molecule has 0 amide bonds. The zero-order chi connectivity index (χ0) is 10.6. The van der Waals surface area contributed by atoms with Gasteiger partial charge in [-0.1, -0.05) is 0 Å². The van der Waals surface area contributed by atoms with Gasteiger partial charge >= 0.3 is 0 Å². The largest absolute Gasteiger partial charge is 0.302 e. The number of hydroxylamine groups is 1. The summed E-state index contributed by atoms with van der Waals surface area (Å²) in [6.07, 6.45) is 3.89. The van der Waals surface area contributed by atoms with Crippen LogP contribution < -0.4 is 5.48 Å². The molecule has 0 bridgehead atoms. The highest BCUT2D eigenvalue weighted by Crippen LogP contribution is 2.12. The molecule has 1 aromatic rings. The Morgan fingerprint density at radius 2 is 2.21 bits per heavy atom. The maximum Gasteiger partial charge on any atom is 0.0654 e. The van der Waals surface area contributed by atoms with Crippen LogP contribution >= 0.6 is 0 Å². The minimum atomic E-state index is 0.0455. The van der Waals surface area contributed by atoms with Gasteiger partial charge in [0.25, 0.3) is 0 Å². The van der Waals surface area contributed by atoms with E-state index < -0.39 is 0 Å². The number of aromatic nitrogens is 2. The van der Waals surface area contributed by atoms with E-state index in [1.165, 1.54) is 0 Å². The van der Waals surface area contributed by atoms with Crippen LogP contribution in [0.15, 0.2) is 12.4 Å². The third-order valence-corrected chi connectivity index (χ3v) is 1.85. The third-order valence-electron chi connectivity index (χ3n) is 1.85. The normalized spacial score (nSPS) is 12.0. The van der Waals surface area contributed by atoms with Gasteiger partial charge in [-0.25, -0.2) is 0 Å². The summed E-state index contributed by atoms with van der Waals surface area (Å²) < 4.78 is 1.95. The molecule has 0 aliphatic rings. The molecule has 80 valence electrons. The minimum Gasteiger partial charge on any atom is -0.302 e. The maximum absolute atomic E-state index is 5.05. The van der Waals surface area contributed by atoms with E-state index in [9.17, 15) is 0 Å². The van der Waals surface area contributed by atoms with Crippen molar-refractivity contribution in [3.8, 4) is 0 Å². The van der Waals surface area contributed by atoms with Crippen molar-refractivity contribution in [1.29, 1.82) is 0 Å². The lowest BCUT2D eigenvalue weighted by Crippen LogP contribution is -2.22. The first-order chi connectivity index (χ1) is 6.54. The first-order valence-corrected chi connectivity index (χ1v) is 4.92. The highest BCUT2D eigenvalue weighted by Gasteiger charge is 2.13. The van der Waals surface area contributed by atoms with Crippen LogP contribution in [-0.2, 0) is 16.9 Å². The predicted octanol–water partition coefficient (Wildman–Crippen LogP) is 1.68. The molecule has 0 atom stereocenters. The molecule has 0 aliphatic heterocycles. The van der Waals surface area contributed by atoms with Crippen molar-refractivity contribution >= 4 is 0 Å². The lowest BCUT2D eigenvalue weighted by Gasteiger charge is -2.18. The number of hydrogen-bond donors (Lipinski definition) is 1. The number of rotatable bonds is 4. The number of hydrogen-bond acceptors (Lipinski definition) is 3. The van der Waals surface area contributed by atoms with E-state index in [-0.39, 0.29) is 5.54 Å². The van der Waals surface area contributed by atoms with Crippen LogP contribution in [0.2, 0.25) is 0 Å². The van der Waals surface area contributed by atoms with Crippen LogP contribution in [-0.4, -0.2) is 16.4 Å². The van der Waals surface area contributed by atoms with Crippen molar-refractivity contribution in [2.75, 3.05) is 6.61 Å². The summed E-state index contributed by atoms with van der Waals surface area (Å²) in [4.78, 5) is 5.05. The topological polar surface area (TPSA) is 39.1 Å². The summed E-state index contributed by atoms with van der Waals surface area (Å²) in [6, 6.07) is 0. The average Bonchev–Trinajstić information content (AvgIpc) is 2.52. The average molecular weight is 197 g/mol. The van der Waals surface area contributed by atoms with Gasteiger partial charge in [0, 0.05) is 18.3 Å². The maximum atomic E-state index is 5.05. The zero-order valence-corrected chi connectivity index (χ0v) is 9.37. The Morgan fingerprint density at radius 1 is 1.50 bits per heavy atom. The minimum absolute atomic E-state index is 0.0455. The fourth-order valence-corrected chi connectivity index (χ4v) is 1.05. The molecular weight excluding hydrogens is 178 g/mol. The van der Waals surface area contributed by atoms with Gasteiger partial charge in [-0.15, -0.1) is 0 Å². The molecule has 1 aromatic heterocycles. The Labute approximate surface area is 85.2 Å². The second-order valence-corrected chi connectivity index (χ2v) is 4.22. The predicted molar refractivity (Wildman–Crippen MR) is 55.7 cm³/mol. The molecule has 0 aliphatic carbocycles. The molecule has 4 heteroatoms. The van der Waals surface area contributed by atoms with Crippen molar-refractivity contribution in [3.05, 3.63) is 18.0 Å². The van der Waals surface area contributed by atoms with E-state index in [1.807, 2.05) is 24.0 Å². The Hall–Kier alpha value is -0.870. The standard InChI is InChI=1S/C10H19N3O/c1-5-14-12-7-9-6-11-13(8-9)10(2,3)4/h6,8,12H,5,7H2,1-4H3. The first-order valence-electron chi connectivity index (χ1n) is 4.92. The zero-order valence-electron chi connectivity index (χ0n) is 9.37. The van der Waals surface area contributed by atoms with E-state index in [0.717, 1.165) is 5.56 Å². The third kappa shape index (κ3) is 3.12. The van der Waals surface area contributed by atoms with Crippen molar-refractivity contribution < 1.29 is 4.84 Å². The summed E-state index contributed by atoms with van der Waals surface area (Å²) in [6.45, 7) is 9.70. The van der Waals surface area contributed by atoms with Crippen LogP contribution in [0.1, 0.15) is 33.3 Å². The van der Waals surface area contributed by atoms with Gasteiger partial charge in [0.2, 0.25) is 0 Å². The first kappa shape index (κ1) is 11.2. The Bertz CT molecular complexity index is 275. The summed E-state index contributed by atoms with van der Waals surface area (Å²) >= 11 is 0. The quantitative estimate of drug-likeness (QED) is 0.589. The van der Waals surface area contributed by atoms with Gasteiger partial charge in [0.05, 0.1) is 18.3 Å². The summed E-state index contributed by atoms with van der Waals surface area (Å²) in [5.74, 6) is 0. The Kier molecular flexibility index (Phi) is 3.66. The summed E-state index contributed by atoms with van der Waals surface area (Å²) in [7, 11) is 0. The molecule has 0 radical (unpaired) electrons. The second-order valence-electron chi connectivity index (χ2n) is 4.22. The van der Waals surface area contributed by atoms with Crippen molar-refractivity contribution in [3.63, 3.8) is 0 Å².